The molecule has 0 bridgehead atoms. The average Bonchev–Trinajstić information content (AvgIpc) is 2.47. The molecule has 0 saturated heterocycles. The molecule has 1 N–H and O–H groups in total. The number of nitrogens with one attached hydrogen (secondary N) is 1. The Morgan fingerprint density at radius 2 is 1.89 bits per heavy atom. The Balaban J connectivity index is 1.72. The van der Waals surface area contributed by atoms with Crippen LogP contribution < -0.4 is 10.1 Å². The van der Waals surface area contributed by atoms with E-state index in [1.165, 1.54) is 24.8 Å². The number of carbonyl (C=O) groups is 1. The van der Waals surface area contributed by atoms with Crippen molar-refractivity contribution < 1.29 is 9.53 Å². The SMILES string of the molecule is CCc1ccc(OCC(=O)NC2CCCCC2)cc1. The monoisotopic (exact) mass is 261 g/mol. The Morgan fingerprint density at radius 3 is 2.53 bits per heavy atom. The van der Waals surface area contributed by atoms with E-state index in [1.54, 1.807) is 0 Å². The number of ether oxygens (including phenoxy) is 1. The van der Waals surface area contributed by atoms with Crippen LogP contribution in [0.3, 0.4) is 0 Å². The summed E-state index contributed by atoms with van der Waals surface area (Å²) in [7, 11) is 0. The van der Waals surface area contributed by atoms with E-state index < -0.39 is 0 Å². The molecule has 0 aromatic heterocycles. The second-order valence-electron chi connectivity index (χ2n) is 5.19. The van der Waals surface area contributed by atoms with Gasteiger partial charge in [-0.15, -0.1) is 0 Å². The van der Waals surface area contributed by atoms with Crippen LogP contribution in [-0.4, -0.2) is 18.6 Å². The van der Waals surface area contributed by atoms with Crippen molar-refractivity contribution in [2.75, 3.05) is 6.61 Å². The Bertz CT molecular complexity index is 394. The number of amides is 1. The zero-order valence-corrected chi connectivity index (χ0v) is 11.7. The number of benzene rings is 1. The molecule has 0 radical (unpaired) electrons. The summed E-state index contributed by atoms with van der Waals surface area (Å²) in [6.45, 7) is 2.23. The van der Waals surface area contributed by atoms with Crippen molar-refractivity contribution in [2.45, 2.75) is 51.5 Å². The largest absolute Gasteiger partial charge is 0.484 e. The van der Waals surface area contributed by atoms with Crippen LogP contribution in [0.4, 0.5) is 0 Å². The van der Waals surface area contributed by atoms with Gasteiger partial charge in [-0.3, -0.25) is 4.79 Å². The summed E-state index contributed by atoms with van der Waals surface area (Å²) < 4.78 is 5.50. The summed E-state index contributed by atoms with van der Waals surface area (Å²) in [5.74, 6) is 0.752. The van der Waals surface area contributed by atoms with Crippen LogP contribution in [0.15, 0.2) is 24.3 Å². The number of carbonyl (C=O) groups excluding carboxylic acids is 1. The lowest BCUT2D eigenvalue weighted by atomic mass is 9.95. The van der Waals surface area contributed by atoms with Crippen LogP contribution >= 0.6 is 0 Å². The number of aryl methyl sites for hydroxylation is 1. The Labute approximate surface area is 115 Å². The molecule has 0 spiro atoms. The summed E-state index contributed by atoms with van der Waals surface area (Å²) in [6, 6.07) is 8.27. The van der Waals surface area contributed by atoms with Crippen molar-refractivity contribution in [1.82, 2.24) is 5.32 Å². The van der Waals surface area contributed by atoms with Gasteiger partial charge in [-0.25, -0.2) is 0 Å². The van der Waals surface area contributed by atoms with Gasteiger partial charge in [0.1, 0.15) is 5.75 Å². The lowest BCUT2D eigenvalue weighted by Crippen LogP contribution is -2.38. The molecule has 3 heteroatoms. The number of rotatable bonds is 5. The van der Waals surface area contributed by atoms with E-state index in [-0.39, 0.29) is 12.5 Å². The molecule has 2 rings (SSSR count). The van der Waals surface area contributed by atoms with Crippen molar-refractivity contribution >= 4 is 5.91 Å². The summed E-state index contributed by atoms with van der Waals surface area (Å²) >= 11 is 0. The topological polar surface area (TPSA) is 38.3 Å². The zero-order valence-electron chi connectivity index (χ0n) is 11.7. The highest BCUT2D eigenvalue weighted by Gasteiger charge is 2.15. The zero-order chi connectivity index (χ0) is 13.5. The second-order valence-corrected chi connectivity index (χ2v) is 5.19. The van der Waals surface area contributed by atoms with Crippen LogP contribution in [0.1, 0.15) is 44.6 Å². The van der Waals surface area contributed by atoms with Gasteiger partial charge in [0, 0.05) is 6.04 Å². The molecule has 1 aliphatic rings. The van der Waals surface area contributed by atoms with Crippen molar-refractivity contribution in [2.24, 2.45) is 0 Å². The second kappa shape index (κ2) is 7.17. The van der Waals surface area contributed by atoms with Gasteiger partial charge in [0.15, 0.2) is 6.61 Å². The Kier molecular flexibility index (Phi) is 5.25. The maximum Gasteiger partial charge on any atom is 0.258 e. The molecule has 1 saturated carbocycles. The molecule has 1 aromatic carbocycles. The van der Waals surface area contributed by atoms with Gasteiger partial charge in [0.05, 0.1) is 0 Å². The first kappa shape index (κ1) is 13.9. The molecule has 1 aliphatic carbocycles. The van der Waals surface area contributed by atoms with Gasteiger partial charge < -0.3 is 10.1 Å². The molecule has 1 amide bonds. The van der Waals surface area contributed by atoms with Crippen molar-refractivity contribution in [3.63, 3.8) is 0 Å². The maximum absolute atomic E-state index is 11.8. The van der Waals surface area contributed by atoms with E-state index in [0.29, 0.717) is 6.04 Å². The van der Waals surface area contributed by atoms with Gasteiger partial charge in [0.25, 0.3) is 5.91 Å². The molecule has 0 aliphatic heterocycles. The summed E-state index contributed by atoms with van der Waals surface area (Å²) in [6.07, 6.45) is 6.98. The molecular formula is C16H23NO2. The van der Waals surface area contributed by atoms with Crippen LogP contribution in [0.5, 0.6) is 5.75 Å². The van der Waals surface area contributed by atoms with Gasteiger partial charge >= 0.3 is 0 Å². The van der Waals surface area contributed by atoms with Gasteiger partial charge in [0.2, 0.25) is 0 Å². The summed E-state index contributed by atoms with van der Waals surface area (Å²) in [5, 5.41) is 3.05. The first-order chi connectivity index (χ1) is 9.28. The first-order valence-corrected chi connectivity index (χ1v) is 7.29. The molecule has 104 valence electrons. The van der Waals surface area contributed by atoms with Crippen LogP contribution in [-0.2, 0) is 11.2 Å². The molecule has 1 aromatic rings. The van der Waals surface area contributed by atoms with Gasteiger partial charge in [-0.1, -0.05) is 38.3 Å². The van der Waals surface area contributed by atoms with Gasteiger partial charge in [-0.05, 0) is 37.0 Å². The minimum absolute atomic E-state index is 0.00790. The third kappa shape index (κ3) is 4.58. The lowest BCUT2D eigenvalue weighted by Gasteiger charge is -2.22. The normalized spacial score (nSPS) is 16.1. The average molecular weight is 261 g/mol. The molecule has 1 fully saturated rings. The third-order valence-corrected chi connectivity index (χ3v) is 3.67. The van der Waals surface area contributed by atoms with Crippen molar-refractivity contribution in [1.29, 1.82) is 0 Å². The lowest BCUT2D eigenvalue weighted by molar-refractivity contribution is -0.124. The smallest absolute Gasteiger partial charge is 0.258 e. The van der Waals surface area contributed by atoms with E-state index in [2.05, 4.69) is 12.2 Å². The van der Waals surface area contributed by atoms with E-state index in [9.17, 15) is 4.79 Å². The minimum Gasteiger partial charge on any atom is -0.484 e. The fourth-order valence-electron chi connectivity index (χ4n) is 2.49. The molecule has 0 unspecified atom stereocenters. The van der Waals surface area contributed by atoms with E-state index >= 15 is 0 Å². The standard InChI is InChI=1S/C16H23NO2/c1-2-13-8-10-15(11-9-13)19-12-16(18)17-14-6-4-3-5-7-14/h8-11,14H,2-7,12H2,1H3,(H,17,18). The summed E-state index contributed by atoms with van der Waals surface area (Å²) in [5.41, 5.74) is 1.28. The van der Waals surface area contributed by atoms with Crippen molar-refractivity contribution in [3.05, 3.63) is 29.8 Å². The number of hydrogen-bond acceptors (Lipinski definition) is 2. The van der Waals surface area contributed by atoms with Crippen LogP contribution in [0.25, 0.3) is 0 Å². The van der Waals surface area contributed by atoms with Crippen molar-refractivity contribution in [3.8, 4) is 5.75 Å². The predicted octanol–water partition coefficient (Wildman–Crippen LogP) is 3.08. The van der Waals surface area contributed by atoms with E-state index in [4.69, 9.17) is 4.74 Å². The minimum atomic E-state index is -0.00790. The Morgan fingerprint density at radius 1 is 1.21 bits per heavy atom. The molecule has 19 heavy (non-hydrogen) atoms. The predicted molar refractivity (Wildman–Crippen MR) is 76.3 cm³/mol. The molecule has 0 heterocycles. The van der Waals surface area contributed by atoms with Crippen LogP contribution in [0, 0.1) is 0 Å². The highest BCUT2D eigenvalue weighted by Crippen LogP contribution is 2.17. The maximum atomic E-state index is 11.8. The fraction of sp³-hybridized carbons (Fsp3) is 0.562. The molecular weight excluding hydrogens is 238 g/mol. The molecule has 0 atom stereocenters. The molecule has 3 nitrogen and oxygen atoms in total. The first-order valence-electron chi connectivity index (χ1n) is 7.29. The highest BCUT2D eigenvalue weighted by atomic mass is 16.5. The number of hydrogen-bond donors (Lipinski definition) is 1. The fourth-order valence-corrected chi connectivity index (χ4v) is 2.49. The summed E-state index contributed by atoms with van der Waals surface area (Å²) in [4.78, 5) is 11.8. The van der Waals surface area contributed by atoms with Gasteiger partial charge in [-0.2, -0.15) is 0 Å². The van der Waals surface area contributed by atoms with E-state index in [1.807, 2.05) is 24.3 Å². The third-order valence-electron chi connectivity index (χ3n) is 3.67. The van der Waals surface area contributed by atoms with Crippen LogP contribution in [0.2, 0.25) is 0 Å². The highest BCUT2D eigenvalue weighted by molar-refractivity contribution is 5.77. The quantitative estimate of drug-likeness (QED) is 0.884. The Hall–Kier alpha value is -1.51. The van der Waals surface area contributed by atoms with E-state index in [0.717, 1.165) is 25.0 Å².